The smallest absolute Gasteiger partial charge is 0.0233 e. The van der Waals surface area contributed by atoms with E-state index in [1.165, 1.54) is 30.6 Å². The van der Waals surface area contributed by atoms with Crippen molar-refractivity contribution in [3.63, 3.8) is 0 Å². The molecule has 0 aromatic heterocycles. The molecule has 1 saturated heterocycles. The van der Waals surface area contributed by atoms with Crippen LogP contribution in [0.5, 0.6) is 0 Å². The van der Waals surface area contributed by atoms with Crippen LogP contribution >= 0.6 is 0 Å². The van der Waals surface area contributed by atoms with E-state index in [2.05, 4.69) is 62.2 Å². The zero-order valence-corrected chi connectivity index (χ0v) is 12.9. The predicted octanol–water partition coefficient (Wildman–Crippen LogP) is 3.42. The number of nitrogens with zero attached hydrogens (tertiary/aromatic N) is 1. The number of hydrogen-bond acceptors (Lipinski definition) is 2. The second-order valence-corrected chi connectivity index (χ2v) is 6.98. The normalized spacial score (nSPS) is 19.2. The highest BCUT2D eigenvalue weighted by Gasteiger charge is 2.28. The average Bonchev–Trinajstić information content (AvgIpc) is 2.68. The molecule has 0 amide bonds. The second-order valence-electron chi connectivity index (χ2n) is 6.98. The Bertz CT molecular complexity index is 392. The highest BCUT2D eigenvalue weighted by molar-refractivity contribution is 5.22. The Morgan fingerprint density at radius 1 is 1.16 bits per heavy atom. The molecule has 1 aromatic rings. The molecule has 2 heteroatoms. The van der Waals surface area contributed by atoms with E-state index in [1.54, 1.807) is 0 Å². The average molecular weight is 260 g/mol. The number of rotatable bonds is 5. The van der Waals surface area contributed by atoms with Gasteiger partial charge in [0.1, 0.15) is 0 Å². The van der Waals surface area contributed by atoms with Gasteiger partial charge in [-0.15, -0.1) is 0 Å². The van der Waals surface area contributed by atoms with Crippen molar-refractivity contribution >= 4 is 0 Å². The van der Waals surface area contributed by atoms with Gasteiger partial charge in [0.25, 0.3) is 0 Å². The second kappa shape index (κ2) is 6.06. The summed E-state index contributed by atoms with van der Waals surface area (Å²) in [5, 5.41) is 3.45. The van der Waals surface area contributed by atoms with Gasteiger partial charge in [0.15, 0.2) is 0 Å². The molecule has 0 spiro atoms. The molecule has 19 heavy (non-hydrogen) atoms. The summed E-state index contributed by atoms with van der Waals surface area (Å²) in [4.78, 5) is 2.57. The van der Waals surface area contributed by atoms with Gasteiger partial charge in [0, 0.05) is 25.7 Å². The molecular formula is C17H28N2. The van der Waals surface area contributed by atoms with E-state index in [9.17, 15) is 0 Å². The highest BCUT2D eigenvalue weighted by atomic mass is 15.1. The van der Waals surface area contributed by atoms with Crippen molar-refractivity contribution in [2.75, 3.05) is 13.1 Å². The summed E-state index contributed by atoms with van der Waals surface area (Å²) in [7, 11) is 0. The summed E-state index contributed by atoms with van der Waals surface area (Å²) in [6, 6.07) is 9.62. The van der Waals surface area contributed by atoms with Gasteiger partial charge in [-0.25, -0.2) is 0 Å². The van der Waals surface area contributed by atoms with Crippen LogP contribution in [0.2, 0.25) is 0 Å². The van der Waals surface area contributed by atoms with Gasteiger partial charge in [-0.3, -0.25) is 4.90 Å². The monoisotopic (exact) mass is 260 g/mol. The van der Waals surface area contributed by atoms with Crippen molar-refractivity contribution in [3.8, 4) is 0 Å². The van der Waals surface area contributed by atoms with Crippen LogP contribution in [-0.4, -0.2) is 24.0 Å². The molecule has 1 aliphatic heterocycles. The first-order chi connectivity index (χ1) is 8.94. The number of nitrogens with one attached hydrogen (secondary N) is 1. The summed E-state index contributed by atoms with van der Waals surface area (Å²) < 4.78 is 0. The molecule has 0 atom stereocenters. The van der Waals surface area contributed by atoms with Crippen molar-refractivity contribution in [1.82, 2.24) is 10.2 Å². The first-order valence-corrected chi connectivity index (χ1v) is 7.48. The van der Waals surface area contributed by atoms with Crippen molar-refractivity contribution in [3.05, 3.63) is 35.4 Å². The van der Waals surface area contributed by atoms with E-state index < -0.39 is 0 Å². The Morgan fingerprint density at radius 2 is 1.79 bits per heavy atom. The fraction of sp³-hybridized carbons (Fsp3) is 0.647. The fourth-order valence-electron chi connectivity index (χ4n) is 2.70. The number of hydrogen-bond donors (Lipinski definition) is 1. The predicted molar refractivity (Wildman–Crippen MR) is 82.1 cm³/mol. The molecule has 0 radical (unpaired) electrons. The van der Waals surface area contributed by atoms with Gasteiger partial charge >= 0.3 is 0 Å². The quantitative estimate of drug-likeness (QED) is 0.872. The molecular weight excluding hydrogens is 232 g/mol. The largest absolute Gasteiger partial charge is 0.310 e. The summed E-state index contributed by atoms with van der Waals surface area (Å²) >= 11 is 0. The summed E-state index contributed by atoms with van der Waals surface area (Å²) in [5.74, 6) is 0. The van der Waals surface area contributed by atoms with E-state index in [0.717, 1.165) is 13.1 Å². The Labute approximate surface area is 118 Å². The van der Waals surface area contributed by atoms with Gasteiger partial charge < -0.3 is 5.32 Å². The van der Waals surface area contributed by atoms with Gasteiger partial charge in [-0.05, 0) is 29.5 Å². The molecule has 0 unspecified atom stereocenters. The van der Waals surface area contributed by atoms with E-state index in [-0.39, 0.29) is 0 Å². The molecule has 0 saturated carbocycles. The maximum absolute atomic E-state index is 3.45. The standard InChI is InChI=1S/C17H28N2/c1-14(2)18-11-15-5-7-16(8-6-15)12-19-10-9-17(3,4)13-19/h5-8,14,18H,9-13H2,1-4H3. The van der Waals surface area contributed by atoms with Crippen molar-refractivity contribution in [2.24, 2.45) is 5.41 Å². The van der Waals surface area contributed by atoms with Crippen LogP contribution in [-0.2, 0) is 13.1 Å². The third-order valence-corrected chi connectivity index (χ3v) is 3.90. The fourth-order valence-corrected chi connectivity index (χ4v) is 2.70. The zero-order valence-electron chi connectivity index (χ0n) is 12.9. The van der Waals surface area contributed by atoms with Gasteiger partial charge in [-0.2, -0.15) is 0 Å². The molecule has 106 valence electrons. The summed E-state index contributed by atoms with van der Waals surface area (Å²) in [6.45, 7) is 13.6. The highest BCUT2D eigenvalue weighted by Crippen LogP contribution is 2.29. The molecule has 0 bridgehead atoms. The SMILES string of the molecule is CC(C)NCc1ccc(CN2CCC(C)(C)C2)cc1. The Hall–Kier alpha value is -0.860. The minimum Gasteiger partial charge on any atom is -0.310 e. The lowest BCUT2D eigenvalue weighted by Gasteiger charge is -2.19. The topological polar surface area (TPSA) is 15.3 Å². The molecule has 1 aliphatic rings. The lowest BCUT2D eigenvalue weighted by atomic mass is 9.93. The lowest BCUT2D eigenvalue weighted by molar-refractivity contribution is 0.284. The van der Waals surface area contributed by atoms with E-state index in [4.69, 9.17) is 0 Å². The minimum atomic E-state index is 0.501. The van der Waals surface area contributed by atoms with Crippen molar-refractivity contribution < 1.29 is 0 Å². The molecule has 1 aromatic carbocycles. The van der Waals surface area contributed by atoms with Crippen LogP contribution in [0.15, 0.2) is 24.3 Å². The summed E-state index contributed by atoms with van der Waals surface area (Å²) in [6.07, 6.45) is 1.32. The number of likely N-dealkylation sites (tertiary alicyclic amines) is 1. The van der Waals surface area contributed by atoms with E-state index >= 15 is 0 Å². The van der Waals surface area contributed by atoms with E-state index in [0.29, 0.717) is 11.5 Å². The summed E-state index contributed by atoms with van der Waals surface area (Å²) in [5.41, 5.74) is 3.31. The van der Waals surface area contributed by atoms with Crippen LogP contribution in [0.4, 0.5) is 0 Å². The molecule has 1 fully saturated rings. The first-order valence-electron chi connectivity index (χ1n) is 7.48. The molecule has 1 heterocycles. The van der Waals surface area contributed by atoms with Gasteiger partial charge in [-0.1, -0.05) is 52.0 Å². The van der Waals surface area contributed by atoms with Gasteiger partial charge in [0.2, 0.25) is 0 Å². The lowest BCUT2D eigenvalue weighted by Crippen LogP contribution is -2.23. The van der Waals surface area contributed by atoms with Crippen molar-refractivity contribution in [2.45, 2.75) is 53.2 Å². The van der Waals surface area contributed by atoms with Crippen LogP contribution in [0.1, 0.15) is 45.2 Å². The third-order valence-electron chi connectivity index (χ3n) is 3.90. The van der Waals surface area contributed by atoms with Crippen LogP contribution in [0.3, 0.4) is 0 Å². The first kappa shape index (κ1) is 14.5. The maximum atomic E-state index is 3.45. The van der Waals surface area contributed by atoms with Crippen LogP contribution < -0.4 is 5.32 Å². The van der Waals surface area contributed by atoms with Crippen LogP contribution in [0, 0.1) is 5.41 Å². The third kappa shape index (κ3) is 4.63. The molecule has 0 aliphatic carbocycles. The number of benzene rings is 1. The maximum Gasteiger partial charge on any atom is 0.0233 e. The zero-order chi connectivity index (χ0) is 13.9. The van der Waals surface area contributed by atoms with E-state index in [1.807, 2.05) is 0 Å². The van der Waals surface area contributed by atoms with Gasteiger partial charge in [0.05, 0.1) is 0 Å². The molecule has 1 N–H and O–H groups in total. The van der Waals surface area contributed by atoms with Crippen LogP contribution in [0.25, 0.3) is 0 Å². The Balaban J connectivity index is 1.85. The molecule has 2 nitrogen and oxygen atoms in total. The Kier molecular flexibility index (Phi) is 4.64. The molecule has 2 rings (SSSR count). The Morgan fingerprint density at radius 3 is 2.32 bits per heavy atom. The van der Waals surface area contributed by atoms with Crippen molar-refractivity contribution in [1.29, 1.82) is 0 Å². The minimum absolute atomic E-state index is 0.501.